The SMILES string of the molecule is CCCN(CC)CCNCc1cn(CCCO)nn1. The van der Waals surface area contributed by atoms with E-state index in [1.807, 2.05) is 6.20 Å². The van der Waals surface area contributed by atoms with Gasteiger partial charge in [0.25, 0.3) is 0 Å². The van der Waals surface area contributed by atoms with Crippen LogP contribution in [0.5, 0.6) is 0 Å². The molecule has 1 heterocycles. The third-order valence-corrected chi connectivity index (χ3v) is 3.03. The highest BCUT2D eigenvalue weighted by molar-refractivity contribution is 4.91. The van der Waals surface area contributed by atoms with Crippen molar-refractivity contribution in [2.45, 2.75) is 39.8 Å². The molecule has 0 amide bonds. The summed E-state index contributed by atoms with van der Waals surface area (Å²) < 4.78 is 1.78. The average molecular weight is 269 g/mol. The van der Waals surface area contributed by atoms with Gasteiger partial charge in [0.15, 0.2) is 0 Å². The third-order valence-electron chi connectivity index (χ3n) is 3.03. The van der Waals surface area contributed by atoms with Gasteiger partial charge < -0.3 is 15.3 Å². The number of aliphatic hydroxyl groups excluding tert-OH is 1. The van der Waals surface area contributed by atoms with Crippen molar-refractivity contribution in [1.29, 1.82) is 0 Å². The summed E-state index contributed by atoms with van der Waals surface area (Å²) in [5.41, 5.74) is 0.955. The van der Waals surface area contributed by atoms with Gasteiger partial charge in [-0.3, -0.25) is 4.68 Å². The monoisotopic (exact) mass is 269 g/mol. The molecule has 1 aromatic heterocycles. The lowest BCUT2D eigenvalue weighted by Crippen LogP contribution is -2.32. The molecule has 0 aliphatic carbocycles. The highest BCUT2D eigenvalue weighted by Crippen LogP contribution is 1.94. The first-order valence-corrected chi connectivity index (χ1v) is 7.23. The van der Waals surface area contributed by atoms with Crippen LogP contribution in [0.1, 0.15) is 32.4 Å². The number of nitrogens with zero attached hydrogens (tertiary/aromatic N) is 4. The molecule has 2 N–H and O–H groups in total. The van der Waals surface area contributed by atoms with E-state index in [0.717, 1.165) is 51.4 Å². The molecule has 1 rings (SSSR count). The summed E-state index contributed by atoms with van der Waals surface area (Å²) in [6.45, 7) is 10.4. The molecule has 0 spiro atoms. The minimum atomic E-state index is 0.192. The molecule has 0 saturated carbocycles. The van der Waals surface area contributed by atoms with Crippen LogP contribution in [-0.4, -0.2) is 57.8 Å². The van der Waals surface area contributed by atoms with Crippen molar-refractivity contribution < 1.29 is 5.11 Å². The summed E-state index contributed by atoms with van der Waals surface area (Å²) in [6.07, 6.45) is 3.86. The Kier molecular flexibility index (Phi) is 8.36. The Morgan fingerprint density at radius 1 is 1.37 bits per heavy atom. The van der Waals surface area contributed by atoms with E-state index in [1.165, 1.54) is 6.42 Å². The Balaban J connectivity index is 2.16. The van der Waals surface area contributed by atoms with Crippen molar-refractivity contribution in [3.8, 4) is 0 Å². The highest BCUT2D eigenvalue weighted by Gasteiger charge is 2.02. The molecule has 110 valence electrons. The maximum atomic E-state index is 8.75. The molecule has 0 bridgehead atoms. The largest absolute Gasteiger partial charge is 0.396 e. The molecular formula is C13H27N5O. The number of aryl methyl sites for hydroxylation is 1. The zero-order valence-corrected chi connectivity index (χ0v) is 12.2. The lowest BCUT2D eigenvalue weighted by Gasteiger charge is -2.19. The van der Waals surface area contributed by atoms with Crippen LogP contribution in [0.4, 0.5) is 0 Å². The van der Waals surface area contributed by atoms with Crippen LogP contribution < -0.4 is 5.32 Å². The van der Waals surface area contributed by atoms with Crippen molar-refractivity contribution in [3.63, 3.8) is 0 Å². The minimum absolute atomic E-state index is 0.192. The summed E-state index contributed by atoms with van der Waals surface area (Å²) in [6, 6.07) is 0. The van der Waals surface area contributed by atoms with Crippen LogP contribution in [0.25, 0.3) is 0 Å². The van der Waals surface area contributed by atoms with Crippen molar-refractivity contribution in [2.75, 3.05) is 32.8 Å². The lowest BCUT2D eigenvalue weighted by molar-refractivity contribution is 0.276. The fourth-order valence-electron chi connectivity index (χ4n) is 1.96. The van der Waals surface area contributed by atoms with E-state index >= 15 is 0 Å². The minimum Gasteiger partial charge on any atom is -0.396 e. The molecule has 1 aromatic rings. The van der Waals surface area contributed by atoms with Crippen LogP contribution >= 0.6 is 0 Å². The van der Waals surface area contributed by atoms with Gasteiger partial charge in [-0.15, -0.1) is 5.10 Å². The molecule has 0 unspecified atom stereocenters. The van der Waals surface area contributed by atoms with Gasteiger partial charge in [0, 0.05) is 39.0 Å². The maximum absolute atomic E-state index is 8.75. The average Bonchev–Trinajstić information content (AvgIpc) is 2.87. The number of aromatic nitrogens is 3. The van der Waals surface area contributed by atoms with E-state index < -0.39 is 0 Å². The van der Waals surface area contributed by atoms with E-state index in [4.69, 9.17) is 5.11 Å². The molecule has 6 nitrogen and oxygen atoms in total. The first kappa shape index (κ1) is 16.1. The van der Waals surface area contributed by atoms with Crippen LogP contribution in [0.3, 0.4) is 0 Å². The summed E-state index contributed by atoms with van der Waals surface area (Å²) >= 11 is 0. The Labute approximate surface area is 115 Å². The lowest BCUT2D eigenvalue weighted by atomic mass is 10.4. The van der Waals surface area contributed by atoms with Crippen molar-refractivity contribution in [1.82, 2.24) is 25.2 Å². The molecule has 0 atom stereocenters. The Bertz CT molecular complexity index is 329. The Morgan fingerprint density at radius 2 is 2.21 bits per heavy atom. The van der Waals surface area contributed by atoms with Crippen molar-refractivity contribution in [2.24, 2.45) is 0 Å². The fourth-order valence-corrected chi connectivity index (χ4v) is 1.96. The molecule has 0 aliphatic heterocycles. The van der Waals surface area contributed by atoms with Gasteiger partial charge in [-0.2, -0.15) is 0 Å². The van der Waals surface area contributed by atoms with E-state index in [2.05, 4.69) is 34.4 Å². The van der Waals surface area contributed by atoms with Gasteiger partial charge in [-0.1, -0.05) is 19.1 Å². The summed E-state index contributed by atoms with van der Waals surface area (Å²) in [7, 11) is 0. The molecule has 0 aliphatic rings. The molecule has 0 aromatic carbocycles. The van der Waals surface area contributed by atoms with Crippen LogP contribution in [0, 0.1) is 0 Å². The summed E-state index contributed by atoms with van der Waals surface area (Å²) in [5, 5.41) is 20.3. The Morgan fingerprint density at radius 3 is 2.89 bits per heavy atom. The van der Waals surface area contributed by atoms with Gasteiger partial charge in [-0.05, 0) is 25.9 Å². The third kappa shape index (κ3) is 6.66. The molecule has 0 fully saturated rings. The second kappa shape index (κ2) is 9.89. The molecule has 0 radical (unpaired) electrons. The van der Waals surface area contributed by atoms with E-state index in [0.29, 0.717) is 0 Å². The maximum Gasteiger partial charge on any atom is 0.0964 e. The topological polar surface area (TPSA) is 66.2 Å². The second-order valence-electron chi connectivity index (χ2n) is 4.66. The first-order valence-electron chi connectivity index (χ1n) is 7.23. The molecule has 19 heavy (non-hydrogen) atoms. The number of likely N-dealkylation sites (N-methyl/N-ethyl adjacent to an activating group) is 1. The van der Waals surface area contributed by atoms with E-state index in [9.17, 15) is 0 Å². The zero-order chi connectivity index (χ0) is 13.9. The van der Waals surface area contributed by atoms with Gasteiger partial charge in [0.1, 0.15) is 0 Å². The highest BCUT2D eigenvalue weighted by atomic mass is 16.3. The summed E-state index contributed by atoms with van der Waals surface area (Å²) in [4.78, 5) is 2.44. The quantitative estimate of drug-likeness (QED) is 0.572. The number of rotatable bonds is 11. The zero-order valence-electron chi connectivity index (χ0n) is 12.2. The number of aliphatic hydroxyl groups is 1. The van der Waals surface area contributed by atoms with E-state index in [1.54, 1.807) is 4.68 Å². The predicted molar refractivity (Wildman–Crippen MR) is 75.8 cm³/mol. The van der Waals surface area contributed by atoms with E-state index in [-0.39, 0.29) is 6.61 Å². The first-order chi connectivity index (χ1) is 9.30. The number of hydrogen-bond acceptors (Lipinski definition) is 5. The Hall–Kier alpha value is -0.980. The van der Waals surface area contributed by atoms with Gasteiger partial charge in [0.2, 0.25) is 0 Å². The van der Waals surface area contributed by atoms with Crippen molar-refractivity contribution in [3.05, 3.63) is 11.9 Å². The molecule has 6 heteroatoms. The molecule has 0 saturated heterocycles. The van der Waals surface area contributed by atoms with Gasteiger partial charge >= 0.3 is 0 Å². The van der Waals surface area contributed by atoms with Crippen LogP contribution in [-0.2, 0) is 13.1 Å². The smallest absolute Gasteiger partial charge is 0.0964 e. The van der Waals surface area contributed by atoms with Crippen LogP contribution in [0.15, 0.2) is 6.20 Å². The predicted octanol–water partition coefficient (Wildman–Crippen LogP) is 0.482. The van der Waals surface area contributed by atoms with Gasteiger partial charge in [0.05, 0.1) is 5.69 Å². The number of hydrogen-bond donors (Lipinski definition) is 2. The van der Waals surface area contributed by atoms with Crippen LogP contribution in [0.2, 0.25) is 0 Å². The molecular weight excluding hydrogens is 242 g/mol. The summed E-state index contributed by atoms with van der Waals surface area (Å²) in [5.74, 6) is 0. The second-order valence-corrected chi connectivity index (χ2v) is 4.66. The standard InChI is InChI=1S/C13H27N5O/c1-3-7-17(4-2)9-6-14-11-13-12-18(16-15-13)8-5-10-19/h12,14,19H,3-11H2,1-2H3. The normalized spacial score (nSPS) is 11.4. The fraction of sp³-hybridized carbons (Fsp3) is 0.846. The number of nitrogens with one attached hydrogen (secondary N) is 1. The van der Waals surface area contributed by atoms with Crippen molar-refractivity contribution >= 4 is 0 Å². The van der Waals surface area contributed by atoms with Gasteiger partial charge in [-0.25, -0.2) is 0 Å².